The molecule has 21 heavy (non-hydrogen) atoms. The number of thiophene rings is 1. The fourth-order valence-corrected chi connectivity index (χ4v) is 3.03. The van der Waals surface area contributed by atoms with E-state index in [2.05, 4.69) is 15.3 Å². The van der Waals surface area contributed by atoms with Crippen LogP contribution in [0.3, 0.4) is 0 Å². The highest BCUT2D eigenvalue weighted by Gasteiger charge is 2.28. The van der Waals surface area contributed by atoms with Crippen LogP contribution in [0.25, 0.3) is 0 Å². The Morgan fingerprint density at radius 2 is 2.19 bits per heavy atom. The third kappa shape index (κ3) is 3.01. The predicted molar refractivity (Wildman–Crippen MR) is 78.5 cm³/mol. The number of anilines is 1. The highest BCUT2D eigenvalue weighted by molar-refractivity contribution is 7.07. The molecule has 0 spiro atoms. The summed E-state index contributed by atoms with van der Waals surface area (Å²) in [4.78, 5) is 20.3. The maximum absolute atomic E-state index is 10.6. The van der Waals surface area contributed by atoms with Gasteiger partial charge in [-0.1, -0.05) is 0 Å². The maximum atomic E-state index is 10.6. The number of hydrogen-bond acceptors (Lipinski definition) is 7. The molecule has 8 heteroatoms. The van der Waals surface area contributed by atoms with Gasteiger partial charge in [-0.25, -0.2) is 9.97 Å². The van der Waals surface area contributed by atoms with Crippen LogP contribution in [-0.2, 0) is 4.74 Å². The second kappa shape index (κ2) is 5.74. The van der Waals surface area contributed by atoms with E-state index in [-0.39, 0.29) is 17.9 Å². The predicted octanol–water partition coefficient (Wildman–Crippen LogP) is 2.41. The molecule has 1 fully saturated rings. The van der Waals surface area contributed by atoms with E-state index in [9.17, 15) is 10.1 Å². The normalized spacial score (nSPS) is 22.2. The van der Waals surface area contributed by atoms with Crippen LogP contribution in [0.1, 0.15) is 18.6 Å². The third-order valence-electron chi connectivity index (χ3n) is 3.29. The molecule has 0 bridgehead atoms. The van der Waals surface area contributed by atoms with E-state index in [0.717, 1.165) is 5.56 Å². The van der Waals surface area contributed by atoms with Gasteiger partial charge in [0.05, 0.1) is 17.6 Å². The van der Waals surface area contributed by atoms with Crippen LogP contribution in [0.5, 0.6) is 0 Å². The maximum Gasteiger partial charge on any atom is 0.305 e. The number of nitrogens with zero attached hydrogens (tertiary/aromatic N) is 4. The van der Waals surface area contributed by atoms with Gasteiger partial charge in [-0.15, -0.1) is 0 Å². The van der Waals surface area contributed by atoms with Gasteiger partial charge >= 0.3 is 5.69 Å². The van der Waals surface area contributed by atoms with Gasteiger partial charge in [0.1, 0.15) is 18.5 Å². The minimum atomic E-state index is -0.500. The zero-order valence-corrected chi connectivity index (χ0v) is 12.2. The van der Waals surface area contributed by atoms with Gasteiger partial charge in [0, 0.05) is 6.54 Å². The van der Waals surface area contributed by atoms with Crippen molar-refractivity contribution in [1.29, 1.82) is 0 Å². The second-order valence-corrected chi connectivity index (χ2v) is 5.68. The van der Waals surface area contributed by atoms with Gasteiger partial charge in [-0.3, -0.25) is 10.1 Å². The minimum absolute atomic E-state index is 0.0289. The first-order chi connectivity index (χ1) is 10.1. The Hall–Kier alpha value is -2.06. The summed E-state index contributed by atoms with van der Waals surface area (Å²) in [6, 6.07) is 2.04. The number of ether oxygens (including phenoxy) is 1. The highest BCUT2D eigenvalue weighted by Crippen LogP contribution is 2.28. The first-order valence-corrected chi connectivity index (χ1v) is 7.46. The number of aromatic nitrogens is 2. The molecule has 0 radical (unpaired) electrons. The lowest BCUT2D eigenvalue weighted by atomic mass is 10.1. The lowest BCUT2D eigenvalue weighted by Crippen LogP contribution is -2.43. The molecule has 1 saturated heterocycles. The number of rotatable bonds is 3. The summed E-state index contributed by atoms with van der Waals surface area (Å²) in [5.41, 5.74) is 1.04. The molecule has 3 rings (SSSR count). The van der Waals surface area contributed by atoms with Gasteiger partial charge in [0.2, 0.25) is 5.95 Å². The van der Waals surface area contributed by atoms with Crippen molar-refractivity contribution in [2.24, 2.45) is 0 Å². The molecule has 0 aromatic carbocycles. The van der Waals surface area contributed by atoms with E-state index in [1.54, 1.807) is 11.3 Å². The molecule has 110 valence electrons. The Labute approximate surface area is 125 Å². The lowest BCUT2D eigenvalue weighted by Gasteiger charge is -2.36. The first kappa shape index (κ1) is 13.9. The smallest absolute Gasteiger partial charge is 0.305 e. The number of morpholine rings is 1. The molecule has 2 aromatic heterocycles. The fraction of sp³-hybridized carbons (Fsp3) is 0.385. The third-order valence-corrected chi connectivity index (χ3v) is 3.99. The van der Waals surface area contributed by atoms with Crippen molar-refractivity contribution in [1.82, 2.24) is 9.97 Å². The highest BCUT2D eigenvalue weighted by atomic mass is 32.1. The van der Waals surface area contributed by atoms with Crippen molar-refractivity contribution in [2.45, 2.75) is 19.1 Å². The monoisotopic (exact) mass is 306 g/mol. The molecule has 2 unspecified atom stereocenters. The first-order valence-electron chi connectivity index (χ1n) is 6.52. The van der Waals surface area contributed by atoms with Crippen LogP contribution in [0.15, 0.2) is 29.2 Å². The average molecular weight is 306 g/mol. The van der Waals surface area contributed by atoms with Crippen molar-refractivity contribution < 1.29 is 9.66 Å². The quantitative estimate of drug-likeness (QED) is 0.640. The Bertz CT molecular complexity index is 617. The Balaban J connectivity index is 1.79. The van der Waals surface area contributed by atoms with Gasteiger partial charge in [-0.2, -0.15) is 11.3 Å². The molecule has 1 aliphatic heterocycles. The summed E-state index contributed by atoms with van der Waals surface area (Å²) in [7, 11) is 0. The summed E-state index contributed by atoms with van der Waals surface area (Å²) in [6.45, 7) is 3.30. The van der Waals surface area contributed by atoms with Crippen molar-refractivity contribution in [2.75, 3.05) is 18.0 Å². The largest absolute Gasteiger partial charge is 0.367 e. The Morgan fingerprint density at radius 3 is 2.81 bits per heavy atom. The van der Waals surface area contributed by atoms with E-state index >= 15 is 0 Å². The van der Waals surface area contributed by atoms with E-state index < -0.39 is 4.92 Å². The summed E-state index contributed by atoms with van der Waals surface area (Å²) in [5, 5.41) is 14.7. The van der Waals surface area contributed by atoms with Crippen LogP contribution < -0.4 is 4.90 Å². The standard InChI is InChI=1S/C13H14N4O3S/c1-9-6-16(7-12(20-9)10-2-3-21-8-10)13-14-4-11(5-15-13)17(18)19/h2-5,8-9,12H,6-7H2,1H3. The molecule has 2 aromatic rings. The molecule has 0 saturated carbocycles. The van der Waals surface area contributed by atoms with Crippen LogP contribution in [0.2, 0.25) is 0 Å². The van der Waals surface area contributed by atoms with Gasteiger partial charge in [0.25, 0.3) is 0 Å². The van der Waals surface area contributed by atoms with Crippen LogP contribution in [0, 0.1) is 10.1 Å². The van der Waals surface area contributed by atoms with E-state index in [0.29, 0.717) is 19.0 Å². The lowest BCUT2D eigenvalue weighted by molar-refractivity contribution is -0.385. The van der Waals surface area contributed by atoms with Crippen LogP contribution in [0.4, 0.5) is 11.6 Å². The molecular weight excluding hydrogens is 292 g/mol. The van der Waals surface area contributed by atoms with Crippen molar-refractivity contribution in [3.8, 4) is 0 Å². The minimum Gasteiger partial charge on any atom is -0.367 e. The van der Waals surface area contributed by atoms with Gasteiger partial charge in [0.15, 0.2) is 0 Å². The molecule has 1 aliphatic rings. The van der Waals surface area contributed by atoms with E-state index in [1.165, 1.54) is 12.4 Å². The molecule has 3 heterocycles. The summed E-state index contributed by atoms with van der Waals surface area (Å²) in [5.74, 6) is 0.496. The zero-order chi connectivity index (χ0) is 14.8. The zero-order valence-electron chi connectivity index (χ0n) is 11.4. The summed E-state index contributed by atoms with van der Waals surface area (Å²) in [6.07, 6.45) is 2.49. The molecular formula is C13H14N4O3S. The molecule has 7 nitrogen and oxygen atoms in total. The van der Waals surface area contributed by atoms with Crippen molar-refractivity contribution >= 4 is 23.0 Å². The molecule has 0 amide bonds. The SMILES string of the molecule is CC1CN(c2ncc([N+](=O)[O-])cn2)CC(c2ccsc2)O1. The van der Waals surface area contributed by atoms with Crippen molar-refractivity contribution in [3.05, 3.63) is 44.9 Å². The number of hydrogen-bond donors (Lipinski definition) is 0. The molecule has 2 atom stereocenters. The summed E-state index contributed by atoms with van der Waals surface area (Å²) >= 11 is 1.63. The Morgan fingerprint density at radius 1 is 1.43 bits per heavy atom. The summed E-state index contributed by atoms with van der Waals surface area (Å²) < 4.78 is 5.95. The van der Waals surface area contributed by atoms with Crippen molar-refractivity contribution in [3.63, 3.8) is 0 Å². The molecule has 0 aliphatic carbocycles. The van der Waals surface area contributed by atoms with E-state index in [4.69, 9.17) is 4.74 Å². The second-order valence-electron chi connectivity index (χ2n) is 4.90. The van der Waals surface area contributed by atoms with E-state index in [1.807, 2.05) is 23.3 Å². The topological polar surface area (TPSA) is 81.4 Å². The van der Waals surface area contributed by atoms with Crippen LogP contribution >= 0.6 is 11.3 Å². The van der Waals surface area contributed by atoms with Crippen LogP contribution in [-0.4, -0.2) is 34.1 Å². The Kier molecular flexibility index (Phi) is 3.80. The fourth-order valence-electron chi connectivity index (χ4n) is 2.33. The van der Waals surface area contributed by atoms with Gasteiger partial charge < -0.3 is 9.64 Å². The van der Waals surface area contributed by atoms with Gasteiger partial charge in [-0.05, 0) is 29.3 Å². The number of nitro groups is 1. The average Bonchev–Trinajstić information content (AvgIpc) is 3.01. The molecule has 0 N–H and O–H groups in total.